The molecule has 6 N–H and O–H groups in total. The predicted molar refractivity (Wildman–Crippen MR) is 103 cm³/mol. The zero-order valence-electron chi connectivity index (χ0n) is 14.0. The van der Waals surface area contributed by atoms with E-state index in [1.54, 1.807) is 6.08 Å². The van der Waals surface area contributed by atoms with Crippen LogP contribution in [0, 0.1) is 6.20 Å². The molecule has 1 aromatic rings. The van der Waals surface area contributed by atoms with Crippen molar-refractivity contribution in [2.45, 2.75) is 0 Å². The summed E-state index contributed by atoms with van der Waals surface area (Å²) in [5, 5.41) is 0. The molecule has 0 fully saturated rings. The molecule has 0 spiro atoms. The molecule has 26 heavy (non-hydrogen) atoms. The Hall–Kier alpha value is -3.05. The topological polar surface area (TPSA) is 116 Å². The number of rotatable bonds is 5. The summed E-state index contributed by atoms with van der Waals surface area (Å²) in [5.41, 5.74) is 24.0. The molecular formula is C19H16N6Zn-2. The summed E-state index contributed by atoms with van der Waals surface area (Å²) in [6.45, 7) is 0. The molecule has 3 rings (SSSR count). The van der Waals surface area contributed by atoms with Gasteiger partial charge in [-0.2, -0.15) is 6.20 Å². The first-order valence-corrected chi connectivity index (χ1v) is 9.60. The Morgan fingerprint density at radius 2 is 1.69 bits per heavy atom. The molecule has 7 heteroatoms. The molecule has 3 heterocycles. The van der Waals surface area contributed by atoms with Gasteiger partial charge in [-0.05, 0) is 0 Å². The summed E-state index contributed by atoms with van der Waals surface area (Å²) in [5.74, 6) is 0. The number of aromatic nitrogens is 1. The number of aromatic amines is 1. The second-order valence-corrected chi connectivity index (χ2v) is 6.42. The van der Waals surface area contributed by atoms with Crippen LogP contribution in [0.25, 0.3) is 17.9 Å². The minimum atomic E-state index is 0.107. The molecule has 0 radical (unpaired) electrons. The fraction of sp³-hybridized carbons (Fsp3) is 0. The van der Waals surface area contributed by atoms with E-state index in [9.17, 15) is 0 Å². The van der Waals surface area contributed by atoms with Crippen molar-refractivity contribution in [3.63, 3.8) is 0 Å². The fourth-order valence-electron chi connectivity index (χ4n) is 2.36. The zero-order valence-corrected chi connectivity index (χ0v) is 17.0. The third-order valence-corrected chi connectivity index (χ3v) is 4.53. The molecule has 0 bridgehead atoms. The van der Waals surface area contributed by atoms with Crippen LogP contribution in [0.2, 0.25) is 0 Å². The maximum absolute atomic E-state index is 7.78. The first kappa shape index (κ1) is 17.8. The van der Waals surface area contributed by atoms with Crippen molar-refractivity contribution in [1.29, 1.82) is 0 Å². The molecule has 0 amide bonds. The summed E-state index contributed by atoms with van der Waals surface area (Å²) in [4.78, 5) is 12.2. The minimum absolute atomic E-state index is 0.107. The van der Waals surface area contributed by atoms with E-state index < -0.39 is 0 Å². The number of nitrogens with two attached hydrogens (primary N) is 2. The first-order valence-electron chi connectivity index (χ1n) is 7.88. The van der Waals surface area contributed by atoms with E-state index in [0.717, 1.165) is 52.1 Å². The summed E-state index contributed by atoms with van der Waals surface area (Å²) < 4.78 is 2.09. The quantitative estimate of drug-likeness (QED) is 0.308. The van der Waals surface area contributed by atoms with Crippen molar-refractivity contribution in [3.05, 3.63) is 88.6 Å². The molecule has 0 saturated heterocycles. The van der Waals surface area contributed by atoms with E-state index >= 15 is 0 Å². The van der Waals surface area contributed by atoms with Crippen LogP contribution < -0.4 is 11.5 Å². The second kappa shape index (κ2) is 7.89. The van der Waals surface area contributed by atoms with Gasteiger partial charge in [-0.15, -0.1) is 11.8 Å². The molecule has 0 unspecified atom stereocenters. The van der Waals surface area contributed by atoms with E-state index in [0.29, 0.717) is 0 Å². The van der Waals surface area contributed by atoms with Gasteiger partial charge in [0.25, 0.3) is 0 Å². The Morgan fingerprint density at radius 3 is 2.38 bits per heavy atom. The van der Waals surface area contributed by atoms with E-state index in [1.807, 2.05) is 48.6 Å². The van der Waals surface area contributed by atoms with Gasteiger partial charge in [0, 0.05) is 0 Å². The molecule has 1 aromatic heterocycles. The van der Waals surface area contributed by atoms with Crippen LogP contribution >= 0.6 is 0 Å². The van der Waals surface area contributed by atoms with Gasteiger partial charge in [0.05, 0.1) is 0 Å². The second-order valence-electron chi connectivity index (χ2n) is 5.57. The van der Waals surface area contributed by atoms with Crippen LogP contribution in [-0.4, -0.2) is 21.0 Å². The van der Waals surface area contributed by atoms with Gasteiger partial charge >= 0.3 is 120 Å². The molecule has 0 aliphatic carbocycles. The Bertz CT molecular complexity index is 979. The molecule has 2 aliphatic heterocycles. The van der Waals surface area contributed by atoms with E-state index in [2.05, 4.69) is 25.8 Å². The van der Waals surface area contributed by atoms with Crippen LogP contribution in [0.3, 0.4) is 0 Å². The van der Waals surface area contributed by atoms with Crippen molar-refractivity contribution in [2.24, 2.45) is 21.5 Å². The monoisotopic (exact) mass is 392 g/mol. The average Bonchev–Trinajstić information content (AvgIpc) is 3.37. The summed E-state index contributed by atoms with van der Waals surface area (Å²) in [6.07, 6.45) is 15.6. The fourth-order valence-corrected chi connectivity index (χ4v) is 2.84. The van der Waals surface area contributed by atoms with Gasteiger partial charge in [0.1, 0.15) is 0 Å². The number of hydrogen-bond acceptors (Lipinski definition) is 4. The van der Waals surface area contributed by atoms with Crippen molar-refractivity contribution < 1.29 is 17.9 Å². The van der Waals surface area contributed by atoms with Crippen LogP contribution in [0.4, 0.5) is 0 Å². The van der Waals surface area contributed by atoms with Gasteiger partial charge in [0.15, 0.2) is 0 Å². The van der Waals surface area contributed by atoms with Gasteiger partial charge in [0.2, 0.25) is 0 Å². The van der Waals surface area contributed by atoms with Crippen LogP contribution in [0.15, 0.2) is 75.3 Å². The molecule has 6 nitrogen and oxygen atoms in total. The standard InChI is InChI=1S/C19H16N6.Zn/c1-12-2-3-13(23-12)8-14-4-5-15(24-14)9-16-6-7-17(25-16)10-18(21)19(22)11-20;/h1-10,21,25H,20,22H2;/q-2;. The van der Waals surface area contributed by atoms with Crippen molar-refractivity contribution >= 4 is 28.2 Å². The molecular weight excluding hydrogens is 378 g/mol. The predicted octanol–water partition coefficient (Wildman–Crippen LogP) is 2.57. The maximum Gasteiger partial charge on any atom is -0.143 e. The Morgan fingerprint density at radius 1 is 1.04 bits per heavy atom. The molecule has 126 valence electrons. The van der Waals surface area contributed by atoms with Crippen molar-refractivity contribution in [3.8, 4) is 0 Å². The number of allylic oxidation sites excluding steroid dienone is 5. The molecule has 2 aliphatic rings. The Labute approximate surface area is 161 Å². The van der Waals surface area contributed by atoms with Gasteiger partial charge in [-0.25, -0.2) is 0 Å². The van der Waals surface area contributed by atoms with E-state index in [4.69, 9.17) is 17.2 Å². The number of H-pyrrole nitrogens is 1. The van der Waals surface area contributed by atoms with Crippen LogP contribution in [0.1, 0.15) is 11.4 Å². The van der Waals surface area contributed by atoms with Gasteiger partial charge in [-0.3, -0.25) is 5.70 Å². The summed E-state index contributed by atoms with van der Waals surface area (Å²) in [6, 6.07) is 3.77. The third kappa shape index (κ3) is 4.32. The largest absolute Gasteiger partial charge is 0.488 e. The average molecular weight is 394 g/mol. The van der Waals surface area contributed by atoms with Crippen LogP contribution in [-0.2, 0) is 17.9 Å². The Balaban J connectivity index is 1.75. The first-order chi connectivity index (χ1) is 12.6. The SMILES string of the molecule is [NH-]C(=Cc1ccc(C=C2C=CC(C=C3C=CC([CH]=[Zn])=N3)=N2)[nH]1)C(N)=[C-]N. The number of nitrogens with zero attached hydrogens (tertiary/aromatic N) is 2. The molecule has 0 atom stereocenters. The van der Waals surface area contributed by atoms with E-state index in [1.165, 1.54) is 0 Å². The number of aliphatic imine (C=N–C) groups is 2. The van der Waals surface area contributed by atoms with Crippen LogP contribution in [0.5, 0.6) is 0 Å². The normalized spacial score (nSPS) is 20.2. The minimum Gasteiger partial charge on any atom is -0.488 e. The van der Waals surface area contributed by atoms with E-state index in [-0.39, 0.29) is 11.4 Å². The van der Waals surface area contributed by atoms with Crippen molar-refractivity contribution in [2.75, 3.05) is 0 Å². The maximum atomic E-state index is 7.78. The zero-order chi connectivity index (χ0) is 18.5. The van der Waals surface area contributed by atoms with Crippen molar-refractivity contribution in [1.82, 2.24) is 4.98 Å². The molecule has 0 aromatic carbocycles. The number of nitrogens with one attached hydrogen (secondary N) is 2. The smallest absolute Gasteiger partial charge is 0.143 e. The van der Waals surface area contributed by atoms with Gasteiger partial charge in [-0.1, -0.05) is 0 Å². The third-order valence-electron chi connectivity index (χ3n) is 3.65. The summed E-state index contributed by atoms with van der Waals surface area (Å²) in [7, 11) is 0. The number of hydrogen-bond donors (Lipinski definition) is 3. The van der Waals surface area contributed by atoms with Gasteiger partial charge < -0.3 is 17.2 Å². The molecule has 0 saturated carbocycles. The Kier molecular flexibility index (Phi) is 5.39. The summed E-state index contributed by atoms with van der Waals surface area (Å²) >= 11 is 1.09.